The lowest BCUT2D eigenvalue weighted by molar-refractivity contribution is -0.124. The quantitative estimate of drug-likeness (QED) is 0.836. The Bertz CT molecular complexity index is 725. The molecule has 3 nitrogen and oxygen atoms in total. The molecule has 0 bridgehead atoms. The number of amides is 1. The lowest BCUT2D eigenvalue weighted by Crippen LogP contribution is -2.49. The summed E-state index contributed by atoms with van der Waals surface area (Å²) in [7, 11) is 0. The van der Waals surface area contributed by atoms with Crippen molar-refractivity contribution < 1.29 is 4.79 Å². The van der Waals surface area contributed by atoms with Gasteiger partial charge in [0, 0.05) is 18.5 Å². The Balaban J connectivity index is 1.54. The van der Waals surface area contributed by atoms with Crippen molar-refractivity contribution in [2.75, 3.05) is 13.1 Å². The molecule has 2 aliphatic rings. The first-order chi connectivity index (χ1) is 13.3. The van der Waals surface area contributed by atoms with Gasteiger partial charge in [-0.05, 0) is 42.9 Å². The van der Waals surface area contributed by atoms with Crippen LogP contribution in [0.2, 0.25) is 0 Å². The van der Waals surface area contributed by atoms with Crippen LogP contribution in [0.1, 0.15) is 55.1 Å². The van der Waals surface area contributed by atoms with Crippen LogP contribution in [-0.4, -0.2) is 25.0 Å². The van der Waals surface area contributed by atoms with Gasteiger partial charge in [-0.2, -0.15) is 0 Å². The van der Waals surface area contributed by atoms with Gasteiger partial charge in [-0.25, -0.2) is 0 Å². The molecular weight excluding hydrogens is 332 g/mol. The molecule has 1 saturated heterocycles. The molecule has 27 heavy (non-hydrogen) atoms. The molecule has 0 aromatic heterocycles. The number of piperidine rings is 1. The number of hydrogen-bond donors (Lipinski definition) is 2. The molecule has 3 unspecified atom stereocenters. The molecule has 3 atom stereocenters. The lowest BCUT2D eigenvalue weighted by Gasteiger charge is -2.35. The monoisotopic (exact) mass is 362 g/mol. The van der Waals surface area contributed by atoms with E-state index in [0.717, 1.165) is 19.5 Å². The van der Waals surface area contributed by atoms with E-state index < -0.39 is 0 Å². The van der Waals surface area contributed by atoms with Crippen LogP contribution >= 0.6 is 0 Å². The average molecular weight is 363 g/mol. The Kier molecular flexibility index (Phi) is 5.88. The lowest BCUT2D eigenvalue weighted by atomic mass is 9.82. The second kappa shape index (κ2) is 8.71. The molecule has 1 aliphatic carbocycles. The minimum atomic E-state index is -0.0139. The van der Waals surface area contributed by atoms with Gasteiger partial charge in [0.25, 0.3) is 0 Å². The van der Waals surface area contributed by atoms with Gasteiger partial charge in [-0.15, -0.1) is 0 Å². The maximum Gasteiger partial charge on any atom is 0.228 e. The van der Waals surface area contributed by atoms with Crippen LogP contribution in [0.4, 0.5) is 0 Å². The number of nitrogens with one attached hydrogen (secondary N) is 2. The maximum absolute atomic E-state index is 13.4. The van der Waals surface area contributed by atoms with Crippen LogP contribution in [0.3, 0.4) is 0 Å². The molecule has 0 radical (unpaired) electrons. The van der Waals surface area contributed by atoms with E-state index in [1.165, 1.54) is 36.8 Å². The molecule has 2 N–H and O–H groups in total. The number of carbonyl (C=O) groups excluding carboxylic acids is 1. The van der Waals surface area contributed by atoms with E-state index in [1.807, 2.05) is 6.07 Å². The van der Waals surface area contributed by atoms with Crippen LogP contribution in [0, 0.1) is 5.92 Å². The van der Waals surface area contributed by atoms with E-state index in [2.05, 4.69) is 65.2 Å². The molecule has 2 aromatic carbocycles. The highest BCUT2D eigenvalue weighted by Gasteiger charge is 2.35. The molecular formula is C24H30N2O. The van der Waals surface area contributed by atoms with Gasteiger partial charge in [-0.1, -0.05) is 73.5 Å². The van der Waals surface area contributed by atoms with E-state index in [9.17, 15) is 4.79 Å². The van der Waals surface area contributed by atoms with Crippen molar-refractivity contribution in [3.8, 4) is 0 Å². The van der Waals surface area contributed by atoms with Crippen LogP contribution in [0.25, 0.3) is 0 Å². The van der Waals surface area contributed by atoms with E-state index in [1.54, 1.807) is 0 Å². The van der Waals surface area contributed by atoms with Crippen molar-refractivity contribution in [3.05, 3.63) is 71.8 Å². The largest absolute Gasteiger partial charge is 0.352 e. The zero-order valence-electron chi connectivity index (χ0n) is 15.9. The second-order valence-corrected chi connectivity index (χ2v) is 8.06. The fraction of sp³-hybridized carbons (Fsp3) is 0.458. The Labute approximate surface area is 162 Å². The number of carbonyl (C=O) groups is 1. The summed E-state index contributed by atoms with van der Waals surface area (Å²) in [5, 5.41) is 6.97. The third kappa shape index (κ3) is 4.24. The molecule has 3 heteroatoms. The van der Waals surface area contributed by atoms with Gasteiger partial charge in [-0.3, -0.25) is 4.79 Å². The number of benzene rings is 2. The molecule has 2 fully saturated rings. The van der Waals surface area contributed by atoms with Crippen LogP contribution < -0.4 is 10.6 Å². The molecule has 0 spiro atoms. The van der Waals surface area contributed by atoms with Gasteiger partial charge in [0.1, 0.15) is 0 Å². The normalized spacial score (nSPS) is 24.4. The summed E-state index contributed by atoms with van der Waals surface area (Å²) in [6.07, 6.45) is 5.82. The average Bonchev–Trinajstić information content (AvgIpc) is 3.24. The second-order valence-electron chi connectivity index (χ2n) is 8.06. The minimum absolute atomic E-state index is 0.0139. The molecule has 142 valence electrons. The van der Waals surface area contributed by atoms with E-state index in [-0.39, 0.29) is 17.9 Å². The first-order valence-corrected chi connectivity index (χ1v) is 10.4. The van der Waals surface area contributed by atoms with E-state index >= 15 is 0 Å². The smallest absolute Gasteiger partial charge is 0.228 e. The van der Waals surface area contributed by atoms with E-state index in [0.29, 0.717) is 11.8 Å². The summed E-state index contributed by atoms with van der Waals surface area (Å²) < 4.78 is 0. The number of hydrogen-bond acceptors (Lipinski definition) is 2. The summed E-state index contributed by atoms with van der Waals surface area (Å²) in [4.78, 5) is 13.4. The first-order valence-electron chi connectivity index (χ1n) is 10.4. The van der Waals surface area contributed by atoms with Crippen molar-refractivity contribution >= 4 is 5.91 Å². The van der Waals surface area contributed by atoms with Gasteiger partial charge in [0.05, 0.1) is 5.92 Å². The van der Waals surface area contributed by atoms with Crippen molar-refractivity contribution in [1.29, 1.82) is 0 Å². The Morgan fingerprint density at radius 1 is 0.926 bits per heavy atom. The fourth-order valence-electron chi connectivity index (χ4n) is 4.94. The summed E-state index contributed by atoms with van der Waals surface area (Å²) >= 11 is 0. The molecule has 1 amide bonds. The van der Waals surface area contributed by atoms with Crippen LogP contribution in [0.5, 0.6) is 0 Å². The SMILES string of the molecule is O=C(NC1CCNCC1c1ccccc1)C(c1ccccc1)C1CCCC1. The van der Waals surface area contributed by atoms with Crippen molar-refractivity contribution in [2.45, 2.75) is 50.0 Å². The van der Waals surface area contributed by atoms with E-state index in [4.69, 9.17) is 0 Å². The van der Waals surface area contributed by atoms with Crippen molar-refractivity contribution in [2.24, 2.45) is 5.92 Å². The molecule has 4 rings (SSSR count). The number of rotatable bonds is 5. The zero-order valence-corrected chi connectivity index (χ0v) is 15.9. The summed E-state index contributed by atoms with van der Waals surface area (Å²) in [6.45, 7) is 1.89. The summed E-state index contributed by atoms with van der Waals surface area (Å²) in [5.41, 5.74) is 2.49. The zero-order chi connectivity index (χ0) is 18.5. The van der Waals surface area contributed by atoms with Crippen LogP contribution in [0.15, 0.2) is 60.7 Å². The highest BCUT2D eigenvalue weighted by Crippen LogP contribution is 2.38. The van der Waals surface area contributed by atoms with Crippen LogP contribution in [-0.2, 0) is 4.79 Å². The molecule has 1 heterocycles. The highest BCUT2D eigenvalue weighted by atomic mass is 16.2. The molecule has 1 aliphatic heterocycles. The topological polar surface area (TPSA) is 41.1 Å². The first kappa shape index (κ1) is 18.2. The Hall–Kier alpha value is -2.13. The predicted octanol–water partition coefficient (Wildman–Crippen LogP) is 4.22. The summed E-state index contributed by atoms with van der Waals surface area (Å²) in [5.74, 6) is 1.02. The highest BCUT2D eigenvalue weighted by molar-refractivity contribution is 5.84. The van der Waals surface area contributed by atoms with Crippen molar-refractivity contribution in [1.82, 2.24) is 10.6 Å². The predicted molar refractivity (Wildman–Crippen MR) is 110 cm³/mol. The fourth-order valence-corrected chi connectivity index (χ4v) is 4.94. The maximum atomic E-state index is 13.4. The Morgan fingerprint density at radius 3 is 2.30 bits per heavy atom. The third-order valence-electron chi connectivity index (χ3n) is 6.35. The third-order valence-corrected chi connectivity index (χ3v) is 6.35. The van der Waals surface area contributed by atoms with Gasteiger partial charge in [0.15, 0.2) is 0 Å². The standard InChI is InChI=1S/C24H30N2O/c27-24(23(20-13-7-8-14-20)19-11-5-2-6-12-19)26-22-15-16-25-17-21(22)18-9-3-1-4-10-18/h1-6,9-12,20-23,25H,7-8,13-17H2,(H,26,27). The van der Waals surface area contributed by atoms with Crippen molar-refractivity contribution in [3.63, 3.8) is 0 Å². The molecule has 2 aromatic rings. The van der Waals surface area contributed by atoms with Gasteiger partial charge in [0.2, 0.25) is 5.91 Å². The Morgan fingerprint density at radius 2 is 1.59 bits per heavy atom. The van der Waals surface area contributed by atoms with Gasteiger partial charge >= 0.3 is 0 Å². The minimum Gasteiger partial charge on any atom is -0.352 e. The molecule has 1 saturated carbocycles. The van der Waals surface area contributed by atoms with Gasteiger partial charge < -0.3 is 10.6 Å². The summed E-state index contributed by atoms with van der Waals surface area (Å²) in [6, 6.07) is 21.2.